The number of ether oxygens (including phenoxy) is 1. The van der Waals surface area contributed by atoms with E-state index in [4.69, 9.17) is 4.74 Å². The maximum absolute atomic E-state index is 12.4. The van der Waals surface area contributed by atoms with Crippen molar-refractivity contribution in [2.45, 2.75) is 33.1 Å². The van der Waals surface area contributed by atoms with Crippen LogP contribution in [0.4, 0.5) is 5.69 Å². The third-order valence-corrected chi connectivity index (χ3v) is 5.18. The van der Waals surface area contributed by atoms with Crippen LogP contribution in [0.25, 0.3) is 0 Å². The molecule has 0 aromatic heterocycles. The molecule has 4 heteroatoms. The van der Waals surface area contributed by atoms with E-state index in [-0.39, 0.29) is 5.91 Å². The molecule has 0 saturated carbocycles. The Labute approximate surface area is 132 Å². The van der Waals surface area contributed by atoms with Gasteiger partial charge in [-0.2, -0.15) is 0 Å². The molecule has 4 nitrogen and oxygen atoms in total. The Balaban J connectivity index is 1.56. The summed E-state index contributed by atoms with van der Waals surface area (Å²) in [5.74, 6) is 0.0986. The van der Waals surface area contributed by atoms with Gasteiger partial charge in [-0.15, -0.1) is 0 Å². The molecular formula is C18H26N2O2. The first-order chi connectivity index (χ1) is 10.6. The first kappa shape index (κ1) is 15.5. The zero-order chi connectivity index (χ0) is 15.6. The van der Waals surface area contributed by atoms with Crippen molar-refractivity contribution in [2.75, 3.05) is 38.2 Å². The molecule has 1 N–H and O–H groups in total. The molecule has 2 aliphatic heterocycles. The van der Waals surface area contributed by atoms with E-state index in [0.717, 1.165) is 56.0 Å². The van der Waals surface area contributed by atoms with E-state index < -0.39 is 0 Å². The molecule has 3 rings (SSSR count). The summed E-state index contributed by atoms with van der Waals surface area (Å²) >= 11 is 0. The fourth-order valence-electron chi connectivity index (χ4n) is 3.77. The molecule has 1 aromatic rings. The number of anilines is 1. The van der Waals surface area contributed by atoms with Gasteiger partial charge in [-0.05, 0) is 56.2 Å². The van der Waals surface area contributed by atoms with Crippen LogP contribution < -0.4 is 5.32 Å². The summed E-state index contributed by atoms with van der Waals surface area (Å²) in [6.45, 7) is 8.39. The number of hydrogen-bond donors (Lipinski definition) is 1. The summed E-state index contributed by atoms with van der Waals surface area (Å²) in [6.07, 6.45) is 3.48. The molecule has 0 unspecified atom stereocenters. The zero-order valence-electron chi connectivity index (χ0n) is 13.7. The molecule has 1 amide bonds. The number of likely N-dealkylation sites (tertiary alicyclic amines) is 1. The van der Waals surface area contributed by atoms with Crippen LogP contribution in [0.15, 0.2) is 18.2 Å². The Morgan fingerprint density at radius 1 is 1.23 bits per heavy atom. The molecule has 0 atom stereocenters. The monoisotopic (exact) mass is 302 g/mol. The summed E-state index contributed by atoms with van der Waals surface area (Å²) in [7, 11) is 0. The Hall–Kier alpha value is -1.39. The van der Waals surface area contributed by atoms with Crippen LogP contribution in [-0.2, 0) is 9.53 Å². The summed E-state index contributed by atoms with van der Waals surface area (Å²) in [4.78, 5) is 14.7. The minimum absolute atomic E-state index is 0.0986. The second-order valence-electron chi connectivity index (χ2n) is 6.89. The lowest BCUT2D eigenvalue weighted by Gasteiger charge is -2.33. The van der Waals surface area contributed by atoms with Gasteiger partial charge in [-0.3, -0.25) is 9.69 Å². The number of hydrogen-bond acceptors (Lipinski definition) is 3. The highest BCUT2D eigenvalue weighted by Gasteiger charge is 2.39. The number of nitrogens with zero attached hydrogens (tertiary/aromatic N) is 1. The Kier molecular flexibility index (Phi) is 4.50. The second kappa shape index (κ2) is 6.39. The number of aryl methyl sites for hydroxylation is 2. The minimum Gasteiger partial charge on any atom is -0.381 e. The maximum atomic E-state index is 12.4. The number of carbonyl (C=O) groups is 1. The van der Waals surface area contributed by atoms with E-state index >= 15 is 0 Å². The number of nitrogens with one attached hydrogen (secondary N) is 1. The molecule has 120 valence electrons. The van der Waals surface area contributed by atoms with E-state index in [2.05, 4.69) is 10.2 Å². The topological polar surface area (TPSA) is 41.6 Å². The molecule has 2 aliphatic rings. The van der Waals surface area contributed by atoms with Crippen LogP contribution >= 0.6 is 0 Å². The first-order valence-corrected chi connectivity index (χ1v) is 8.24. The van der Waals surface area contributed by atoms with Gasteiger partial charge in [-0.1, -0.05) is 18.2 Å². The van der Waals surface area contributed by atoms with Gasteiger partial charge < -0.3 is 10.1 Å². The zero-order valence-corrected chi connectivity index (χ0v) is 13.7. The van der Waals surface area contributed by atoms with Crippen LogP contribution in [0.1, 0.15) is 30.4 Å². The van der Waals surface area contributed by atoms with Gasteiger partial charge in [0.25, 0.3) is 0 Å². The number of para-hydroxylation sites is 1. The predicted molar refractivity (Wildman–Crippen MR) is 88.1 cm³/mol. The largest absolute Gasteiger partial charge is 0.381 e. The lowest BCUT2D eigenvalue weighted by Crippen LogP contribution is -2.36. The Morgan fingerprint density at radius 2 is 1.91 bits per heavy atom. The standard InChI is InChI=1S/C18H26N2O2/c1-14-4-3-5-15(2)17(14)19-16(21)12-20-9-6-18(13-20)7-10-22-11-8-18/h3-5H,6-13H2,1-2H3,(H,19,21). The van der Waals surface area contributed by atoms with Crippen molar-refractivity contribution in [2.24, 2.45) is 5.41 Å². The summed E-state index contributed by atoms with van der Waals surface area (Å²) in [5.41, 5.74) is 3.61. The van der Waals surface area contributed by atoms with Crippen LogP contribution in [0.3, 0.4) is 0 Å². The molecule has 2 heterocycles. The lowest BCUT2D eigenvalue weighted by molar-refractivity contribution is -0.117. The van der Waals surface area contributed by atoms with Gasteiger partial charge in [0.05, 0.1) is 6.54 Å². The van der Waals surface area contributed by atoms with Gasteiger partial charge in [0.2, 0.25) is 5.91 Å². The van der Waals surface area contributed by atoms with Crippen molar-refractivity contribution in [3.63, 3.8) is 0 Å². The van der Waals surface area contributed by atoms with Crippen molar-refractivity contribution >= 4 is 11.6 Å². The van der Waals surface area contributed by atoms with Crippen molar-refractivity contribution in [1.29, 1.82) is 0 Å². The summed E-state index contributed by atoms with van der Waals surface area (Å²) in [5, 5.41) is 3.09. The predicted octanol–water partition coefficient (Wildman–Crippen LogP) is 2.74. The summed E-state index contributed by atoms with van der Waals surface area (Å²) < 4.78 is 5.48. The van der Waals surface area contributed by atoms with Crippen molar-refractivity contribution in [1.82, 2.24) is 4.90 Å². The molecule has 0 bridgehead atoms. The van der Waals surface area contributed by atoms with Gasteiger partial charge in [0, 0.05) is 25.4 Å². The molecule has 2 saturated heterocycles. The number of carbonyl (C=O) groups excluding carboxylic acids is 1. The van der Waals surface area contributed by atoms with Gasteiger partial charge in [-0.25, -0.2) is 0 Å². The quantitative estimate of drug-likeness (QED) is 0.933. The molecule has 1 spiro atoms. The molecule has 1 aromatic carbocycles. The maximum Gasteiger partial charge on any atom is 0.238 e. The minimum atomic E-state index is 0.0986. The Morgan fingerprint density at radius 3 is 2.59 bits per heavy atom. The molecular weight excluding hydrogens is 276 g/mol. The van der Waals surface area contributed by atoms with Crippen molar-refractivity contribution in [3.8, 4) is 0 Å². The highest BCUT2D eigenvalue weighted by atomic mass is 16.5. The SMILES string of the molecule is Cc1cccc(C)c1NC(=O)CN1CCC2(CCOCC2)C1. The first-order valence-electron chi connectivity index (χ1n) is 8.24. The third-order valence-electron chi connectivity index (χ3n) is 5.18. The van der Waals surface area contributed by atoms with Gasteiger partial charge >= 0.3 is 0 Å². The van der Waals surface area contributed by atoms with Crippen LogP contribution in [0, 0.1) is 19.3 Å². The number of benzene rings is 1. The van der Waals surface area contributed by atoms with Crippen molar-refractivity contribution < 1.29 is 9.53 Å². The smallest absolute Gasteiger partial charge is 0.238 e. The number of amides is 1. The fourth-order valence-corrected chi connectivity index (χ4v) is 3.77. The second-order valence-corrected chi connectivity index (χ2v) is 6.89. The molecule has 22 heavy (non-hydrogen) atoms. The molecule has 0 radical (unpaired) electrons. The molecule has 2 fully saturated rings. The van der Waals surface area contributed by atoms with E-state index in [0.29, 0.717) is 12.0 Å². The fraction of sp³-hybridized carbons (Fsp3) is 0.611. The van der Waals surface area contributed by atoms with Gasteiger partial charge in [0.15, 0.2) is 0 Å². The van der Waals surface area contributed by atoms with Crippen LogP contribution in [-0.4, -0.2) is 43.7 Å². The van der Waals surface area contributed by atoms with E-state index in [1.807, 2.05) is 32.0 Å². The lowest BCUT2D eigenvalue weighted by atomic mass is 9.80. The Bertz CT molecular complexity index is 530. The highest BCUT2D eigenvalue weighted by molar-refractivity contribution is 5.93. The normalized spacial score (nSPS) is 21.2. The summed E-state index contributed by atoms with van der Waals surface area (Å²) in [6, 6.07) is 6.10. The average molecular weight is 302 g/mol. The van der Waals surface area contributed by atoms with Crippen molar-refractivity contribution in [3.05, 3.63) is 29.3 Å². The van der Waals surface area contributed by atoms with Crippen LogP contribution in [0.2, 0.25) is 0 Å². The number of rotatable bonds is 3. The van der Waals surface area contributed by atoms with Gasteiger partial charge in [0.1, 0.15) is 0 Å². The molecule has 0 aliphatic carbocycles. The highest BCUT2D eigenvalue weighted by Crippen LogP contribution is 2.39. The van der Waals surface area contributed by atoms with E-state index in [9.17, 15) is 4.79 Å². The van der Waals surface area contributed by atoms with E-state index in [1.54, 1.807) is 0 Å². The average Bonchev–Trinajstić information content (AvgIpc) is 2.86. The third kappa shape index (κ3) is 3.33. The van der Waals surface area contributed by atoms with E-state index in [1.165, 1.54) is 6.42 Å². The van der Waals surface area contributed by atoms with Crippen LogP contribution in [0.5, 0.6) is 0 Å².